The first-order chi connectivity index (χ1) is 8.22. The number of carbonyl (C=O) groups excluding carboxylic acids is 1. The average molecular weight is 238 g/mol. The first-order valence-electron chi connectivity index (χ1n) is 6.45. The predicted octanol–water partition coefficient (Wildman–Crippen LogP) is 0.932. The van der Waals surface area contributed by atoms with Crippen molar-refractivity contribution in [3.8, 4) is 0 Å². The number of hydrogen-bond donors (Lipinski definition) is 1. The van der Waals surface area contributed by atoms with E-state index in [-0.39, 0.29) is 5.97 Å². The Morgan fingerprint density at radius 1 is 1.47 bits per heavy atom. The van der Waals surface area contributed by atoms with Crippen LogP contribution in [0.5, 0.6) is 0 Å². The van der Waals surface area contributed by atoms with Gasteiger partial charge in [0.05, 0.1) is 7.11 Å². The molecule has 96 valence electrons. The minimum absolute atomic E-state index is 0.235. The molecular weight excluding hydrogens is 216 g/mol. The summed E-state index contributed by atoms with van der Waals surface area (Å²) in [5.74, 6) is -0.235. The first kappa shape index (κ1) is 12.6. The Labute approximate surface area is 103 Å². The van der Waals surface area contributed by atoms with Crippen LogP contribution in [0.15, 0.2) is 11.6 Å². The van der Waals surface area contributed by atoms with E-state index in [1.807, 2.05) is 6.08 Å². The van der Waals surface area contributed by atoms with Crippen LogP contribution in [0.2, 0.25) is 0 Å². The molecule has 17 heavy (non-hydrogen) atoms. The lowest BCUT2D eigenvalue weighted by Gasteiger charge is -2.20. The van der Waals surface area contributed by atoms with E-state index in [9.17, 15) is 4.79 Å². The number of ether oxygens (including phenoxy) is 1. The van der Waals surface area contributed by atoms with E-state index in [1.165, 1.54) is 39.5 Å². The van der Waals surface area contributed by atoms with Crippen molar-refractivity contribution in [1.29, 1.82) is 0 Å². The third kappa shape index (κ3) is 2.87. The predicted molar refractivity (Wildman–Crippen MR) is 66.8 cm³/mol. The van der Waals surface area contributed by atoms with Gasteiger partial charge < -0.3 is 10.1 Å². The van der Waals surface area contributed by atoms with E-state index in [4.69, 9.17) is 0 Å². The molecule has 2 aliphatic rings. The Kier molecular flexibility index (Phi) is 4.18. The normalized spacial score (nSPS) is 29.4. The van der Waals surface area contributed by atoms with Crippen LogP contribution in [0.1, 0.15) is 26.2 Å². The second kappa shape index (κ2) is 5.65. The van der Waals surface area contributed by atoms with Gasteiger partial charge in [-0.05, 0) is 32.7 Å². The molecule has 0 aromatic heterocycles. The molecule has 2 aliphatic heterocycles. The fourth-order valence-electron chi connectivity index (χ4n) is 2.93. The van der Waals surface area contributed by atoms with Gasteiger partial charge in [-0.1, -0.05) is 6.08 Å². The lowest BCUT2D eigenvalue weighted by atomic mass is 10.1. The highest BCUT2D eigenvalue weighted by atomic mass is 16.5. The van der Waals surface area contributed by atoms with Crippen LogP contribution in [0, 0.1) is 0 Å². The van der Waals surface area contributed by atoms with Crippen molar-refractivity contribution in [2.75, 3.05) is 26.7 Å². The number of nitrogens with zero attached hydrogens (tertiary/aromatic N) is 1. The van der Waals surface area contributed by atoms with Crippen molar-refractivity contribution < 1.29 is 9.53 Å². The van der Waals surface area contributed by atoms with E-state index >= 15 is 0 Å². The van der Waals surface area contributed by atoms with Gasteiger partial charge in [0.2, 0.25) is 0 Å². The summed E-state index contributed by atoms with van der Waals surface area (Å²) in [7, 11) is 1.42. The summed E-state index contributed by atoms with van der Waals surface area (Å²) in [5.41, 5.74) is 0.682. The molecule has 4 nitrogen and oxygen atoms in total. The van der Waals surface area contributed by atoms with Crippen molar-refractivity contribution in [1.82, 2.24) is 10.2 Å². The molecule has 2 heterocycles. The largest absolute Gasteiger partial charge is 0.466 e. The molecule has 0 aromatic rings. The fourth-order valence-corrected chi connectivity index (χ4v) is 2.93. The lowest BCUT2D eigenvalue weighted by Crippen LogP contribution is -2.39. The second-order valence-corrected chi connectivity index (χ2v) is 4.93. The highest BCUT2D eigenvalue weighted by molar-refractivity contribution is 5.87. The minimum Gasteiger partial charge on any atom is -0.466 e. The Morgan fingerprint density at radius 2 is 2.29 bits per heavy atom. The molecule has 2 rings (SSSR count). The van der Waals surface area contributed by atoms with Gasteiger partial charge in [0.25, 0.3) is 0 Å². The fraction of sp³-hybridized carbons (Fsp3) is 0.769. The third-order valence-electron chi connectivity index (χ3n) is 3.90. The molecule has 0 spiro atoms. The van der Waals surface area contributed by atoms with Gasteiger partial charge >= 0.3 is 5.97 Å². The molecule has 4 heteroatoms. The summed E-state index contributed by atoms with van der Waals surface area (Å²) in [4.78, 5) is 13.8. The second-order valence-electron chi connectivity index (χ2n) is 4.93. The summed E-state index contributed by atoms with van der Waals surface area (Å²) < 4.78 is 4.66. The summed E-state index contributed by atoms with van der Waals surface area (Å²) in [6.45, 7) is 5.04. The molecule has 1 N–H and O–H groups in total. The van der Waals surface area contributed by atoms with E-state index in [0.29, 0.717) is 11.6 Å². The van der Waals surface area contributed by atoms with Gasteiger partial charge in [-0.2, -0.15) is 0 Å². The molecule has 2 unspecified atom stereocenters. The SMILES string of the molecule is COC(=O)C(C)=CCNC1CCN2CCCC12. The number of nitrogens with one attached hydrogen (secondary N) is 1. The van der Waals surface area contributed by atoms with Gasteiger partial charge in [0.1, 0.15) is 0 Å². The summed E-state index contributed by atoms with van der Waals surface area (Å²) in [6, 6.07) is 1.32. The highest BCUT2D eigenvalue weighted by Gasteiger charge is 2.36. The standard InChI is InChI=1S/C13H22N2O2/c1-10(13(16)17-2)5-7-14-11-6-9-15-8-3-4-12(11)15/h5,11-12,14H,3-4,6-9H2,1-2H3. The van der Waals surface area contributed by atoms with Crippen LogP contribution in [-0.4, -0.2) is 49.7 Å². The van der Waals surface area contributed by atoms with Crippen LogP contribution >= 0.6 is 0 Å². The van der Waals surface area contributed by atoms with Crippen LogP contribution in [0.25, 0.3) is 0 Å². The Hall–Kier alpha value is -0.870. The Morgan fingerprint density at radius 3 is 3.06 bits per heavy atom. The van der Waals surface area contributed by atoms with Crippen molar-refractivity contribution in [3.63, 3.8) is 0 Å². The number of hydrogen-bond acceptors (Lipinski definition) is 4. The van der Waals surface area contributed by atoms with Crippen LogP contribution in [0.3, 0.4) is 0 Å². The topological polar surface area (TPSA) is 41.6 Å². The van der Waals surface area contributed by atoms with Gasteiger partial charge in [0, 0.05) is 30.7 Å². The molecule has 0 bridgehead atoms. The number of rotatable bonds is 4. The molecule has 0 radical (unpaired) electrons. The zero-order chi connectivity index (χ0) is 12.3. The molecule has 2 fully saturated rings. The maximum atomic E-state index is 11.2. The smallest absolute Gasteiger partial charge is 0.333 e. The quantitative estimate of drug-likeness (QED) is 0.584. The average Bonchev–Trinajstić information content (AvgIpc) is 2.92. The molecule has 0 amide bonds. The molecular formula is C13H22N2O2. The summed E-state index contributed by atoms with van der Waals surface area (Å²) in [5, 5.41) is 3.54. The van der Waals surface area contributed by atoms with E-state index < -0.39 is 0 Å². The van der Waals surface area contributed by atoms with Gasteiger partial charge in [-0.25, -0.2) is 4.79 Å². The van der Waals surface area contributed by atoms with E-state index in [1.54, 1.807) is 6.92 Å². The first-order valence-corrected chi connectivity index (χ1v) is 6.45. The van der Waals surface area contributed by atoms with Gasteiger partial charge in [-0.3, -0.25) is 4.90 Å². The van der Waals surface area contributed by atoms with Crippen molar-refractivity contribution in [2.24, 2.45) is 0 Å². The number of methoxy groups -OCH3 is 1. The summed E-state index contributed by atoms with van der Waals surface area (Å²) >= 11 is 0. The zero-order valence-corrected chi connectivity index (χ0v) is 10.7. The molecule has 0 saturated carbocycles. The summed E-state index contributed by atoms with van der Waals surface area (Å²) in [6.07, 6.45) is 5.80. The van der Waals surface area contributed by atoms with Crippen LogP contribution in [0.4, 0.5) is 0 Å². The Bertz CT molecular complexity index is 315. The van der Waals surface area contributed by atoms with Gasteiger partial charge in [0.15, 0.2) is 0 Å². The monoisotopic (exact) mass is 238 g/mol. The minimum atomic E-state index is -0.235. The Balaban J connectivity index is 1.77. The molecule has 2 saturated heterocycles. The number of esters is 1. The van der Waals surface area contributed by atoms with Crippen molar-refractivity contribution in [3.05, 3.63) is 11.6 Å². The lowest BCUT2D eigenvalue weighted by molar-refractivity contribution is -0.136. The molecule has 0 aromatic carbocycles. The third-order valence-corrected chi connectivity index (χ3v) is 3.90. The van der Waals surface area contributed by atoms with Crippen molar-refractivity contribution >= 4 is 5.97 Å². The number of fused-ring (bicyclic) bond motifs is 1. The maximum Gasteiger partial charge on any atom is 0.333 e. The number of carbonyl (C=O) groups is 1. The van der Waals surface area contributed by atoms with E-state index in [0.717, 1.165) is 12.6 Å². The highest BCUT2D eigenvalue weighted by Crippen LogP contribution is 2.27. The van der Waals surface area contributed by atoms with E-state index in [2.05, 4.69) is 15.0 Å². The zero-order valence-electron chi connectivity index (χ0n) is 10.7. The molecule has 2 atom stereocenters. The van der Waals surface area contributed by atoms with Crippen LogP contribution < -0.4 is 5.32 Å². The van der Waals surface area contributed by atoms with Crippen molar-refractivity contribution in [2.45, 2.75) is 38.3 Å². The maximum absolute atomic E-state index is 11.2. The van der Waals surface area contributed by atoms with Crippen LogP contribution in [-0.2, 0) is 9.53 Å². The van der Waals surface area contributed by atoms with Gasteiger partial charge in [-0.15, -0.1) is 0 Å². The molecule has 0 aliphatic carbocycles.